The first kappa shape index (κ1) is 33.8. The Hall–Kier alpha value is -4.51. The molecule has 0 spiro atoms. The summed E-state index contributed by atoms with van der Waals surface area (Å²) in [6.07, 6.45) is 5.21. The summed E-state index contributed by atoms with van der Waals surface area (Å²) in [5.74, 6) is -0.961. The first-order valence-corrected chi connectivity index (χ1v) is 16.2. The molecule has 0 saturated carbocycles. The molecular weight excluding hydrogens is 596 g/mol. The zero-order valence-electron chi connectivity index (χ0n) is 27.0. The van der Waals surface area contributed by atoms with Gasteiger partial charge in [-0.25, -0.2) is 0 Å². The number of methoxy groups -OCH3 is 1. The van der Waals surface area contributed by atoms with Crippen LogP contribution in [0.5, 0.6) is 5.75 Å². The van der Waals surface area contributed by atoms with Gasteiger partial charge in [-0.15, -0.1) is 0 Å². The molecule has 0 radical (unpaired) electrons. The standard InChI is InChI=1S/C37H44N4O6/c1-26(9-6-15-34(43)40(19-20-42)24-27-10-4-3-5-11-27)37(46)32-22-31(47-2)16-17-33(32)41(36(37)45)25-28-12-7-14-30(21-28)39-35(44)29-13-8-18-38-23-29/h3-7,9-12,14,16-17,21-22,26,29,38,42,46H,8,13,15,18-20,23-25H2,1-2H3,(H,39,44)/b9-6+/t26-,29?,37+/m0/s1. The number of aliphatic hydroxyl groups excluding tert-OH is 1. The van der Waals surface area contributed by atoms with Gasteiger partial charge in [0.25, 0.3) is 5.91 Å². The van der Waals surface area contributed by atoms with Gasteiger partial charge in [0.2, 0.25) is 11.8 Å². The minimum Gasteiger partial charge on any atom is -0.497 e. The molecule has 1 unspecified atom stereocenters. The van der Waals surface area contributed by atoms with Gasteiger partial charge >= 0.3 is 0 Å². The maximum Gasteiger partial charge on any atom is 0.264 e. The maximum absolute atomic E-state index is 14.1. The number of hydrogen-bond donors (Lipinski definition) is 4. The Morgan fingerprint density at radius 1 is 1.13 bits per heavy atom. The lowest BCUT2D eigenvalue weighted by Gasteiger charge is -2.28. The van der Waals surface area contributed by atoms with E-state index in [0.29, 0.717) is 35.8 Å². The average molecular weight is 641 g/mol. The Labute approximate surface area is 276 Å². The Morgan fingerprint density at radius 3 is 2.64 bits per heavy atom. The summed E-state index contributed by atoms with van der Waals surface area (Å²) in [7, 11) is 1.53. The number of carbonyl (C=O) groups excluding carboxylic acids is 3. The SMILES string of the molecule is COc1ccc2c(c1)[C@](O)([C@@H](C)/C=C/CC(=O)N(CCO)Cc1ccccc1)C(=O)N2Cc1cccc(NC(=O)C2CCCNC2)c1. The number of aliphatic hydroxyl groups is 2. The van der Waals surface area contributed by atoms with Crippen molar-refractivity contribution in [3.63, 3.8) is 0 Å². The van der Waals surface area contributed by atoms with Crippen molar-refractivity contribution in [2.24, 2.45) is 11.8 Å². The Bertz CT molecular complexity index is 1590. The summed E-state index contributed by atoms with van der Waals surface area (Å²) in [5.41, 5.74) is 1.48. The van der Waals surface area contributed by atoms with E-state index >= 15 is 0 Å². The van der Waals surface area contributed by atoms with E-state index in [0.717, 1.165) is 30.5 Å². The van der Waals surface area contributed by atoms with Gasteiger partial charge in [0.1, 0.15) is 5.75 Å². The van der Waals surface area contributed by atoms with Crippen LogP contribution in [0.1, 0.15) is 42.9 Å². The van der Waals surface area contributed by atoms with Gasteiger partial charge in [0.05, 0.1) is 31.9 Å². The Morgan fingerprint density at radius 2 is 1.91 bits per heavy atom. The van der Waals surface area contributed by atoms with E-state index in [1.54, 1.807) is 47.1 Å². The molecule has 3 aromatic carbocycles. The third-order valence-electron chi connectivity index (χ3n) is 8.99. The van der Waals surface area contributed by atoms with Crippen LogP contribution in [0.25, 0.3) is 0 Å². The van der Waals surface area contributed by atoms with Crippen molar-refractivity contribution >= 4 is 29.1 Å². The molecule has 4 N–H and O–H groups in total. The number of carbonyl (C=O) groups is 3. The third-order valence-corrected chi connectivity index (χ3v) is 8.99. The molecule has 248 valence electrons. The second kappa shape index (κ2) is 15.4. The van der Waals surface area contributed by atoms with E-state index in [-0.39, 0.29) is 43.8 Å². The van der Waals surface area contributed by atoms with E-state index in [4.69, 9.17) is 4.74 Å². The molecule has 0 aliphatic carbocycles. The summed E-state index contributed by atoms with van der Waals surface area (Å²) in [6.45, 7) is 3.92. The molecule has 2 aliphatic heterocycles. The van der Waals surface area contributed by atoms with Crippen molar-refractivity contribution in [3.05, 3.63) is 102 Å². The first-order valence-electron chi connectivity index (χ1n) is 16.2. The number of nitrogens with zero attached hydrogens (tertiary/aromatic N) is 2. The average Bonchev–Trinajstić information content (AvgIpc) is 3.30. The molecule has 47 heavy (non-hydrogen) atoms. The molecule has 1 fully saturated rings. The highest BCUT2D eigenvalue weighted by Gasteiger charge is 2.52. The van der Waals surface area contributed by atoms with Gasteiger partial charge in [-0.1, -0.05) is 61.5 Å². The van der Waals surface area contributed by atoms with E-state index in [9.17, 15) is 24.6 Å². The molecule has 5 rings (SSSR count). The number of amides is 3. The van der Waals surface area contributed by atoms with Crippen LogP contribution in [-0.4, -0.2) is 66.2 Å². The Balaban J connectivity index is 1.32. The van der Waals surface area contributed by atoms with Crippen molar-refractivity contribution in [1.29, 1.82) is 0 Å². The normalized spacial score (nSPS) is 19.8. The van der Waals surface area contributed by atoms with Gasteiger partial charge < -0.3 is 35.4 Å². The van der Waals surface area contributed by atoms with Crippen LogP contribution in [-0.2, 0) is 33.1 Å². The first-order chi connectivity index (χ1) is 22.7. The topological polar surface area (TPSA) is 131 Å². The van der Waals surface area contributed by atoms with Crippen LogP contribution < -0.4 is 20.3 Å². The Kier molecular flexibility index (Phi) is 11.1. The zero-order chi connectivity index (χ0) is 33.4. The van der Waals surface area contributed by atoms with Crippen LogP contribution in [0, 0.1) is 11.8 Å². The lowest BCUT2D eigenvalue weighted by Crippen LogP contribution is -2.44. The third kappa shape index (κ3) is 7.73. The summed E-state index contributed by atoms with van der Waals surface area (Å²) >= 11 is 0. The van der Waals surface area contributed by atoms with Crippen LogP contribution in [0.3, 0.4) is 0 Å². The highest BCUT2D eigenvalue weighted by molar-refractivity contribution is 6.07. The number of nitrogens with one attached hydrogen (secondary N) is 2. The highest BCUT2D eigenvalue weighted by Crippen LogP contribution is 2.47. The van der Waals surface area contributed by atoms with E-state index in [1.165, 1.54) is 7.11 Å². The molecule has 2 heterocycles. The van der Waals surface area contributed by atoms with Gasteiger partial charge in [-0.2, -0.15) is 0 Å². The van der Waals surface area contributed by atoms with Gasteiger partial charge in [0.15, 0.2) is 5.60 Å². The molecule has 3 amide bonds. The minimum atomic E-state index is -1.90. The van der Waals surface area contributed by atoms with E-state index in [2.05, 4.69) is 10.6 Å². The summed E-state index contributed by atoms with van der Waals surface area (Å²) in [4.78, 5) is 43.2. The minimum absolute atomic E-state index is 0.0305. The van der Waals surface area contributed by atoms with E-state index in [1.807, 2.05) is 54.6 Å². The number of fused-ring (bicyclic) bond motifs is 1. The number of piperidine rings is 1. The summed E-state index contributed by atoms with van der Waals surface area (Å²) in [5, 5.41) is 28.0. The monoisotopic (exact) mass is 640 g/mol. The quantitative estimate of drug-likeness (QED) is 0.208. The number of hydrogen-bond acceptors (Lipinski definition) is 7. The second-order valence-corrected chi connectivity index (χ2v) is 12.2. The number of benzene rings is 3. The van der Waals surface area contributed by atoms with Gasteiger partial charge in [-0.05, 0) is 60.8 Å². The van der Waals surface area contributed by atoms with Crippen LogP contribution in [0.15, 0.2) is 84.9 Å². The van der Waals surface area contributed by atoms with Crippen molar-refractivity contribution < 1.29 is 29.3 Å². The highest BCUT2D eigenvalue weighted by atomic mass is 16.5. The fourth-order valence-corrected chi connectivity index (χ4v) is 6.32. The van der Waals surface area contributed by atoms with Crippen LogP contribution in [0.4, 0.5) is 11.4 Å². The lowest BCUT2D eigenvalue weighted by atomic mass is 9.83. The number of rotatable bonds is 13. The van der Waals surface area contributed by atoms with E-state index < -0.39 is 17.4 Å². The molecule has 0 bridgehead atoms. The predicted octanol–water partition coefficient (Wildman–Crippen LogP) is 3.97. The molecule has 10 heteroatoms. The van der Waals surface area contributed by atoms with Crippen molar-refractivity contribution in [3.8, 4) is 5.75 Å². The summed E-state index contributed by atoms with van der Waals surface area (Å²) < 4.78 is 5.44. The largest absolute Gasteiger partial charge is 0.497 e. The molecular formula is C37H44N4O6. The van der Waals surface area contributed by atoms with Gasteiger partial charge in [0, 0.05) is 43.2 Å². The number of anilines is 2. The molecule has 3 atom stereocenters. The predicted molar refractivity (Wildman–Crippen MR) is 181 cm³/mol. The molecule has 10 nitrogen and oxygen atoms in total. The molecule has 0 aromatic heterocycles. The smallest absolute Gasteiger partial charge is 0.264 e. The maximum atomic E-state index is 14.1. The van der Waals surface area contributed by atoms with Gasteiger partial charge in [-0.3, -0.25) is 14.4 Å². The molecule has 3 aromatic rings. The van der Waals surface area contributed by atoms with Crippen molar-refractivity contribution in [2.45, 2.75) is 44.9 Å². The van der Waals surface area contributed by atoms with Crippen molar-refractivity contribution in [2.75, 3.05) is 43.6 Å². The fourth-order valence-electron chi connectivity index (χ4n) is 6.32. The number of ether oxygens (including phenoxy) is 1. The summed E-state index contributed by atoms with van der Waals surface area (Å²) in [6, 6.07) is 22.2. The molecule has 1 saturated heterocycles. The lowest BCUT2D eigenvalue weighted by molar-refractivity contribution is -0.139. The van der Waals surface area contributed by atoms with Crippen LogP contribution >= 0.6 is 0 Å². The second-order valence-electron chi connectivity index (χ2n) is 12.2. The zero-order valence-corrected chi connectivity index (χ0v) is 27.0. The van der Waals surface area contributed by atoms with Crippen LogP contribution in [0.2, 0.25) is 0 Å². The van der Waals surface area contributed by atoms with Crippen molar-refractivity contribution in [1.82, 2.24) is 10.2 Å². The fraction of sp³-hybridized carbons (Fsp3) is 0.378. The molecule has 2 aliphatic rings.